The molecule has 0 amide bonds. The van der Waals surface area contributed by atoms with Crippen molar-refractivity contribution >= 4 is 17.6 Å². The maximum atomic E-state index is 11.0. The van der Waals surface area contributed by atoms with Gasteiger partial charge in [0, 0.05) is 26.2 Å². The molecule has 1 saturated heterocycles. The van der Waals surface area contributed by atoms with Crippen molar-refractivity contribution in [3.8, 4) is 0 Å². The minimum absolute atomic E-state index is 0.377. The standard InChI is InChI=1S/C13H20ClN3O3/c1-3-9-12(14)10(17(4-2)15-9)7-16-5-6-20-11(8-16)13(18)19/h11H,3-8H2,1-2H3,(H,18,19). The highest BCUT2D eigenvalue weighted by atomic mass is 35.5. The Kier molecular flexibility index (Phi) is 5.01. The van der Waals surface area contributed by atoms with Crippen LogP contribution in [0.15, 0.2) is 0 Å². The Hall–Kier alpha value is -1.11. The second kappa shape index (κ2) is 6.56. The molecule has 2 heterocycles. The molecule has 0 spiro atoms. The third-order valence-corrected chi connectivity index (χ3v) is 3.93. The van der Waals surface area contributed by atoms with E-state index in [0.717, 1.165) is 24.4 Å². The number of aliphatic carboxylic acids is 1. The first-order valence-electron chi connectivity index (χ1n) is 6.87. The number of rotatable bonds is 5. The number of aromatic nitrogens is 2. The zero-order valence-corrected chi connectivity index (χ0v) is 12.6. The molecule has 2 rings (SSSR count). The fourth-order valence-corrected chi connectivity index (χ4v) is 2.70. The average molecular weight is 302 g/mol. The summed E-state index contributed by atoms with van der Waals surface area (Å²) in [4.78, 5) is 13.0. The summed E-state index contributed by atoms with van der Waals surface area (Å²) in [6, 6.07) is 0. The van der Waals surface area contributed by atoms with Crippen LogP contribution in [0.5, 0.6) is 0 Å². The van der Waals surface area contributed by atoms with E-state index in [1.807, 2.05) is 18.5 Å². The van der Waals surface area contributed by atoms with Crippen LogP contribution in [0.3, 0.4) is 0 Å². The molecular formula is C13H20ClN3O3. The van der Waals surface area contributed by atoms with E-state index in [2.05, 4.69) is 10.00 Å². The lowest BCUT2D eigenvalue weighted by Gasteiger charge is -2.30. The molecule has 1 N–H and O–H groups in total. The number of carboxylic acids is 1. The summed E-state index contributed by atoms with van der Waals surface area (Å²) in [7, 11) is 0. The predicted molar refractivity (Wildman–Crippen MR) is 74.9 cm³/mol. The van der Waals surface area contributed by atoms with Gasteiger partial charge < -0.3 is 9.84 Å². The Morgan fingerprint density at radius 3 is 2.90 bits per heavy atom. The van der Waals surface area contributed by atoms with Crippen molar-refractivity contribution in [3.63, 3.8) is 0 Å². The van der Waals surface area contributed by atoms with Crippen molar-refractivity contribution in [2.75, 3.05) is 19.7 Å². The van der Waals surface area contributed by atoms with E-state index in [0.29, 0.717) is 31.3 Å². The highest BCUT2D eigenvalue weighted by Crippen LogP contribution is 2.23. The SMILES string of the molecule is CCc1nn(CC)c(CN2CCOC(C(=O)O)C2)c1Cl. The second-order valence-electron chi connectivity index (χ2n) is 4.81. The third kappa shape index (κ3) is 3.13. The van der Waals surface area contributed by atoms with E-state index < -0.39 is 12.1 Å². The Morgan fingerprint density at radius 1 is 1.55 bits per heavy atom. The summed E-state index contributed by atoms with van der Waals surface area (Å²) in [5.41, 5.74) is 1.85. The Balaban J connectivity index is 2.13. The molecule has 0 bridgehead atoms. The molecule has 6 nitrogen and oxygen atoms in total. The van der Waals surface area contributed by atoms with Crippen molar-refractivity contribution in [1.82, 2.24) is 14.7 Å². The summed E-state index contributed by atoms with van der Waals surface area (Å²) in [5.74, 6) is -0.918. The van der Waals surface area contributed by atoms with Crippen LogP contribution < -0.4 is 0 Å². The number of hydrogen-bond donors (Lipinski definition) is 1. The zero-order chi connectivity index (χ0) is 14.7. The van der Waals surface area contributed by atoms with Crippen molar-refractivity contribution in [2.45, 2.75) is 39.5 Å². The summed E-state index contributed by atoms with van der Waals surface area (Å²) in [6.45, 7) is 6.90. The molecule has 1 aliphatic heterocycles. The monoisotopic (exact) mass is 301 g/mol. The van der Waals surface area contributed by atoms with Gasteiger partial charge in [0.2, 0.25) is 0 Å². The molecule has 1 aromatic rings. The van der Waals surface area contributed by atoms with Crippen LogP contribution in [-0.2, 0) is 29.0 Å². The maximum Gasteiger partial charge on any atom is 0.334 e. The van der Waals surface area contributed by atoms with Gasteiger partial charge in [0.15, 0.2) is 6.10 Å². The van der Waals surface area contributed by atoms with Gasteiger partial charge in [-0.25, -0.2) is 4.79 Å². The Bertz CT molecular complexity index is 489. The van der Waals surface area contributed by atoms with E-state index in [4.69, 9.17) is 21.4 Å². The number of carbonyl (C=O) groups is 1. The van der Waals surface area contributed by atoms with E-state index >= 15 is 0 Å². The lowest BCUT2D eigenvalue weighted by Crippen LogP contribution is -2.45. The van der Waals surface area contributed by atoms with Gasteiger partial charge in [-0.15, -0.1) is 0 Å². The van der Waals surface area contributed by atoms with Crippen LogP contribution in [0.4, 0.5) is 0 Å². The number of carboxylic acid groups (broad SMARTS) is 1. The van der Waals surface area contributed by atoms with Crippen molar-refractivity contribution < 1.29 is 14.6 Å². The summed E-state index contributed by atoms with van der Waals surface area (Å²) < 4.78 is 7.12. The third-order valence-electron chi connectivity index (χ3n) is 3.49. The summed E-state index contributed by atoms with van der Waals surface area (Å²) >= 11 is 6.37. The van der Waals surface area contributed by atoms with Crippen molar-refractivity contribution in [3.05, 3.63) is 16.4 Å². The van der Waals surface area contributed by atoms with E-state index in [9.17, 15) is 4.79 Å². The van der Waals surface area contributed by atoms with Gasteiger partial charge in [-0.3, -0.25) is 9.58 Å². The van der Waals surface area contributed by atoms with Crippen LogP contribution in [0.25, 0.3) is 0 Å². The van der Waals surface area contributed by atoms with Gasteiger partial charge in [-0.1, -0.05) is 18.5 Å². The van der Waals surface area contributed by atoms with Crippen LogP contribution in [0, 0.1) is 0 Å². The fourth-order valence-electron chi connectivity index (χ4n) is 2.38. The smallest absolute Gasteiger partial charge is 0.334 e. The molecule has 0 saturated carbocycles. The van der Waals surface area contributed by atoms with Crippen molar-refractivity contribution in [2.24, 2.45) is 0 Å². The number of morpholine rings is 1. The molecule has 0 aromatic carbocycles. The van der Waals surface area contributed by atoms with Crippen LogP contribution in [0.2, 0.25) is 5.02 Å². The minimum Gasteiger partial charge on any atom is -0.479 e. The molecular weight excluding hydrogens is 282 g/mol. The predicted octanol–water partition coefficient (Wildman–Crippen LogP) is 1.40. The molecule has 0 radical (unpaired) electrons. The first-order valence-corrected chi connectivity index (χ1v) is 7.25. The first kappa shape index (κ1) is 15.3. The lowest BCUT2D eigenvalue weighted by atomic mass is 10.2. The molecule has 112 valence electrons. The van der Waals surface area contributed by atoms with Gasteiger partial charge in [0.1, 0.15) is 0 Å². The average Bonchev–Trinajstić information content (AvgIpc) is 2.75. The van der Waals surface area contributed by atoms with Crippen molar-refractivity contribution in [1.29, 1.82) is 0 Å². The molecule has 1 unspecified atom stereocenters. The number of halogens is 1. The Labute approximate surface area is 123 Å². The van der Waals surface area contributed by atoms with Gasteiger partial charge in [0.25, 0.3) is 0 Å². The number of hydrogen-bond acceptors (Lipinski definition) is 4. The number of nitrogens with zero attached hydrogens (tertiary/aromatic N) is 3. The second-order valence-corrected chi connectivity index (χ2v) is 5.19. The zero-order valence-electron chi connectivity index (χ0n) is 11.8. The first-order chi connectivity index (χ1) is 9.56. The van der Waals surface area contributed by atoms with Crippen LogP contribution in [-0.4, -0.2) is 51.6 Å². The summed E-state index contributed by atoms with van der Waals surface area (Å²) in [5, 5.41) is 14.2. The lowest BCUT2D eigenvalue weighted by molar-refractivity contribution is -0.156. The van der Waals surface area contributed by atoms with Gasteiger partial charge in [0.05, 0.1) is 23.0 Å². The molecule has 0 aliphatic carbocycles. The van der Waals surface area contributed by atoms with Gasteiger partial charge >= 0.3 is 5.97 Å². The van der Waals surface area contributed by atoms with Crippen LogP contribution in [0.1, 0.15) is 25.2 Å². The molecule has 7 heteroatoms. The number of ether oxygens (including phenoxy) is 1. The van der Waals surface area contributed by atoms with E-state index in [1.54, 1.807) is 0 Å². The molecule has 1 aromatic heterocycles. The van der Waals surface area contributed by atoms with E-state index in [1.165, 1.54) is 0 Å². The largest absolute Gasteiger partial charge is 0.479 e. The van der Waals surface area contributed by atoms with Gasteiger partial charge in [-0.05, 0) is 13.3 Å². The number of aryl methyl sites for hydroxylation is 2. The highest BCUT2D eigenvalue weighted by Gasteiger charge is 2.27. The maximum absolute atomic E-state index is 11.0. The topological polar surface area (TPSA) is 67.6 Å². The van der Waals surface area contributed by atoms with Crippen LogP contribution >= 0.6 is 11.6 Å². The molecule has 20 heavy (non-hydrogen) atoms. The minimum atomic E-state index is -0.918. The van der Waals surface area contributed by atoms with Gasteiger partial charge in [-0.2, -0.15) is 5.10 Å². The Morgan fingerprint density at radius 2 is 2.30 bits per heavy atom. The molecule has 1 fully saturated rings. The molecule has 1 aliphatic rings. The highest BCUT2D eigenvalue weighted by molar-refractivity contribution is 6.31. The normalized spacial score (nSPS) is 20.2. The quantitative estimate of drug-likeness (QED) is 0.890. The fraction of sp³-hybridized carbons (Fsp3) is 0.692. The van der Waals surface area contributed by atoms with E-state index in [-0.39, 0.29) is 0 Å². The summed E-state index contributed by atoms with van der Waals surface area (Å²) in [6.07, 6.45) is 0.0332. The molecule has 1 atom stereocenters.